The minimum Gasteiger partial charge on any atom is -0.368 e. The first kappa shape index (κ1) is 12.4. The van der Waals surface area contributed by atoms with Crippen LogP contribution in [0.2, 0.25) is 0 Å². The van der Waals surface area contributed by atoms with E-state index >= 15 is 0 Å². The molecule has 0 spiro atoms. The highest BCUT2D eigenvalue weighted by Crippen LogP contribution is 2.14. The topological polar surface area (TPSA) is 49.9 Å². The molecule has 17 heavy (non-hydrogen) atoms. The Labute approximate surface area is 102 Å². The van der Waals surface area contributed by atoms with Crippen molar-refractivity contribution in [2.45, 2.75) is 31.8 Å². The molecule has 0 saturated carbocycles. The molecule has 2 heterocycles. The predicted molar refractivity (Wildman–Crippen MR) is 62.4 cm³/mol. The first-order valence-electron chi connectivity index (χ1n) is 6.33. The van der Waals surface area contributed by atoms with Crippen LogP contribution in [-0.4, -0.2) is 61.0 Å². The van der Waals surface area contributed by atoms with E-state index < -0.39 is 0 Å². The van der Waals surface area contributed by atoms with E-state index in [0.717, 1.165) is 25.8 Å². The van der Waals surface area contributed by atoms with Crippen LogP contribution in [0.3, 0.4) is 0 Å². The Balaban J connectivity index is 1.74. The van der Waals surface area contributed by atoms with Crippen molar-refractivity contribution in [3.8, 4) is 0 Å². The monoisotopic (exact) mass is 240 g/mol. The second kappa shape index (κ2) is 5.49. The number of hydrogen-bond acceptors (Lipinski definition) is 3. The average molecular weight is 240 g/mol. The third-order valence-electron chi connectivity index (χ3n) is 3.46. The van der Waals surface area contributed by atoms with E-state index in [2.05, 4.69) is 0 Å². The van der Waals surface area contributed by atoms with Gasteiger partial charge in [0.15, 0.2) is 0 Å². The van der Waals surface area contributed by atoms with Crippen LogP contribution in [0.1, 0.15) is 25.7 Å². The molecular weight excluding hydrogens is 220 g/mol. The van der Waals surface area contributed by atoms with Gasteiger partial charge in [-0.3, -0.25) is 9.59 Å². The van der Waals surface area contributed by atoms with Crippen molar-refractivity contribution in [2.24, 2.45) is 0 Å². The average Bonchev–Trinajstić information content (AvgIpc) is 2.96. The second-order valence-electron chi connectivity index (χ2n) is 4.75. The molecule has 2 saturated heterocycles. The zero-order chi connectivity index (χ0) is 12.3. The summed E-state index contributed by atoms with van der Waals surface area (Å²) in [6.07, 6.45) is 3.14. The van der Waals surface area contributed by atoms with Crippen LogP contribution in [0.4, 0.5) is 0 Å². The van der Waals surface area contributed by atoms with Crippen molar-refractivity contribution in [3.05, 3.63) is 0 Å². The third kappa shape index (κ3) is 2.97. The van der Waals surface area contributed by atoms with E-state index in [1.54, 1.807) is 11.9 Å². The van der Waals surface area contributed by atoms with Gasteiger partial charge in [-0.15, -0.1) is 0 Å². The van der Waals surface area contributed by atoms with Crippen molar-refractivity contribution < 1.29 is 14.3 Å². The summed E-state index contributed by atoms with van der Waals surface area (Å²) in [5.41, 5.74) is 0. The molecule has 1 atom stereocenters. The molecule has 2 aliphatic rings. The maximum atomic E-state index is 11.9. The fourth-order valence-corrected chi connectivity index (χ4v) is 2.34. The van der Waals surface area contributed by atoms with Gasteiger partial charge in [0.2, 0.25) is 5.91 Å². The summed E-state index contributed by atoms with van der Waals surface area (Å²) in [6.45, 7) is 2.77. The van der Waals surface area contributed by atoms with Crippen molar-refractivity contribution in [1.82, 2.24) is 9.80 Å². The van der Waals surface area contributed by atoms with Gasteiger partial charge in [-0.1, -0.05) is 0 Å². The summed E-state index contributed by atoms with van der Waals surface area (Å²) in [5, 5.41) is 0. The number of rotatable bonds is 4. The van der Waals surface area contributed by atoms with Crippen molar-refractivity contribution >= 4 is 11.8 Å². The molecule has 0 N–H and O–H groups in total. The number of carbonyl (C=O) groups is 2. The van der Waals surface area contributed by atoms with Crippen molar-refractivity contribution in [2.75, 3.05) is 33.3 Å². The van der Waals surface area contributed by atoms with Crippen LogP contribution in [0.5, 0.6) is 0 Å². The maximum Gasteiger partial charge on any atom is 0.251 e. The molecule has 2 aliphatic heterocycles. The first-order chi connectivity index (χ1) is 8.18. The van der Waals surface area contributed by atoms with E-state index in [9.17, 15) is 9.59 Å². The third-order valence-corrected chi connectivity index (χ3v) is 3.46. The summed E-state index contributed by atoms with van der Waals surface area (Å²) < 4.78 is 5.36. The summed E-state index contributed by atoms with van der Waals surface area (Å²) in [4.78, 5) is 26.9. The lowest BCUT2D eigenvalue weighted by Crippen LogP contribution is -2.41. The van der Waals surface area contributed by atoms with Gasteiger partial charge in [0.05, 0.1) is 0 Å². The maximum absolute atomic E-state index is 11.9. The van der Waals surface area contributed by atoms with Gasteiger partial charge in [-0.25, -0.2) is 0 Å². The number of likely N-dealkylation sites (N-methyl/N-ethyl adjacent to an activating group) is 1. The molecule has 0 aromatic carbocycles. The molecule has 2 fully saturated rings. The zero-order valence-electron chi connectivity index (χ0n) is 10.4. The number of likely N-dealkylation sites (tertiary alicyclic amines) is 1. The molecule has 96 valence electrons. The van der Waals surface area contributed by atoms with Crippen molar-refractivity contribution in [3.63, 3.8) is 0 Å². The second-order valence-corrected chi connectivity index (χ2v) is 4.75. The molecule has 0 aromatic rings. The Morgan fingerprint density at radius 2 is 2.35 bits per heavy atom. The molecule has 5 heteroatoms. The van der Waals surface area contributed by atoms with Gasteiger partial charge < -0.3 is 14.5 Å². The lowest BCUT2D eigenvalue weighted by atomic mass is 10.2. The Bertz CT molecular complexity index is 300. The van der Waals surface area contributed by atoms with Crippen LogP contribution in [0.25, 0.3) is 0 Å². The first-order valence-corrected chi connectivity index (χ1v) is 6.33. The van der Waals surface area contributed by atoms with Crippen LogP contribution in [0, 0.1) is 0 Å². The van der Waals surface area contributed by atoms with E-state index in [-0.39, 0.29) is 17.9 Å². The molecular formula is C12H20N2O3. The highest BCUT2D eigenvalue weighted by atomic mass is 16.5. The Morgan fingerprint density at radius 3 is 2.94 bits per heavy atom. The lowest BCUT2D eigenvalue weighted by Gasteiger charge is -2.23. The normalized spacial score (nSPS) is 24.4. The van der Waals surface area contributed by atoms with Gasteiger partial charge in [0.1, 0.15) is 6.10 Å². The number of carbonyl (C=O) groups excluding carboxylic acids is 2. The van der Waals surface area contributed by atoms with Gasteiger partial charge in [0, 0.05) is 39.7 Å². The smallest absolute Gasteiger partial charge is 0.251 e. The Morgan fingerprint density at radius 1 is 1.53 bits per heavy atom. The van der Waals surface area contributed by atoms with Gasteiger partial charge >= 0.3 is 0 Å². The molecule has 0 radical (unpaired) electrons. The van der Waals surface area contributed by atoms with Crippen LogP contribution >= 0.6 is 0 Å². The molecule has 2 amide bonds. The Kier molecular flexibility index (Phi) is 3.99. The van der Waals surface area contributed by atoms with Crippen LogP contribution < -0.4 is 0 Å². The molecule has 0 aliphatic carbocycles. The largest absolute Gasteiger partial charge is 0.368 e. The molecule has 2 rings (SSSR count). The van der Waals surface area contributed by atoms with Crippen LogP contribution in [0.15, 0.2) is 0 Å². The fraction of sp³-hybridized carbons (Fsp3) is 0.833. The highest BCUT2D eigenvalue weighted by Gasteiger charge is 2.27. The highest BCUT2D eigenvalue weighted by molar-refractivity contribution is 5.81. The summed E-state index contributed by atoms with van der Waals surface area (Å²) in [6, 6.07) is 0. The van der Waals surface area contributed by atoms with Crippen LogP contribution in [-0.2, 0) is 14.3 Å². The van der Waals surface area contributed by atoms with Gasteiger partial charge in [-0.2, -0.15) is 0 Å². The van der Waals surface area contributed by atoms with E-state index in [1.807, 2.05) is 4.90 Å². The SMILES string of the molecule is CN(CCN1CCCC1=O)C(=O)C1CCCO1. The molecule has 0 bridgehead atoms. The van der Waals surface area contributed by atoms with E-state index in [1.165, 1.54) is 0 Å². The van der Waals surface area contributed by atoms with E-state index in [0.29, 0.717) is 26.1 Å². The quantitative estimate of drug-likeness (QED) is 0.707. The molecule has 0 aromatic heterocycles. The van der Waals surface area contributed by atoms with Gasteiger partial charge in [0.25, 0.3) is 5.91 Å². The molecule has 5 nitrogen and oxygen atoms in total. The fourth-order valence-electron chi connectivity index (χ4n) is 2.34. The number of nitrogens with zero attached hydrogens (tertiary/aromatic N) is 2. The zero-order valence-corrected chi connectivity index (χ0v) is 10.4. The Hall–Kier alpha value is -1.10. The standard InChI is InChI=1S/C12H20N2O3/c1-13(12(16)10-4-3-9-17-10)7-8-14-6-2-5-11(14)15/h10H,2-9H2,1H3. The number of ether oxygens (including phenoxy) is 1. The number of amides is 2. The summed E-state index contributed by atoms with van der Waals surface area (Å²) in [5.74, 6) is 0.261. The number of hydrogen-bond donors (Lipinski definition) is 0. The molecule has 1 unspecified atom stereocenters. The summed E-state index contributed by atoms with van der Waals surface area (Å²) in [7, 11) is 1.78. The minimum absolute atomic E-state index is 0.0501. The lowest BCUT2D eigenvalue weighted by molar-refractivity contribution is -0.140. The van der Waals surface area contributed by atoms with E-state index in [4.69, 9.17) is 4.74 Å². The predicted octanol–water partition coefficient (Wildman–Crippen LogP) is 0.246. The van der Waals surface area contributed by atoms with Crippen molar-refractivity contribution in [1.29, 1.82) is 0 Å². The minimum atomic E-state index is -0.255. The summed E-state index contributed by atoms with van der Waals surface area (Å²) >= 11 is 0. The van der Waals surface area contributed by atoms with Gasteiger partial charge in [-0.05, 0) is 19.3 Å².